The van der Waals surface area contributed by atoms with Crippen LogP contribution in [0.25, 0.3) is 22.4 Å². The number of halogens is 3. The SMILES string of the molecule is CN(C)CCN1Cc2cc3[nH]c(-c4c(N[C@@H](O)Cc5cc(F)cc(F)c5F)cc[nH]c4=O)nc3cc2C1=O. The van der Waals surface area contributed by atoms with Crippen molar-refractivity contribution in [1.82, 2.24) is 24.8 Å². The first kappa shape index (κ1) is 25.5. The number of aliphatic hydroxyl groups is 1. The van der Waals surface area contributed by atoms with Crippen LogP contribution in [0.2, 0.25) is 0 Å². The van der Waals surface area contributed by atoms with Crippen LogP contribution in [-0.2, 0) is 13.0 Å². The molecule has 1 amide bonds. The van der Waals surface area contributed by atoms with Gasteiger partial charge in [-0.3, -0.25) is 9.59 Å². The summed E-state index contributed by atoms with van der Waals surface area (Å²) in [6.45, 7) is 1.80. The molecule has 0 saturated heterocycles. The molecule has 12 heteroatoms. The number of fused-ring (bicyclic) bond motifs is 2. The van der Waals surface area contributed by atoms with E-state index in [0.717, 1.165) is 18.2 Å². The van der Waals surface area contributed by atoms with Crippen LogP contribution in [0.5, 0.6) is 0 Å². The maximum atomic E-state index is 14.1. The van der Waals surface area contributed by atoms with E-state index in [1.54, 1.807) is 11.0 Å². The minimum Gasteiger partial charge on any atom is -0.373 e. The summed E-state index contributed by atoms with van der Waals surface area (Å²) in [5.74, 6) is -3.51. The Balaban J connectivity index is 1.42. The highest BCUT2D eigenvalue weighted by molar-refractivity contribution is 6.02. The number of imidazole rings is 1. The Hall–Kier alpha value is -4.16. The molecule has 3 heterocycles. The summed E-state index contributed by atoms with van der Waals surface area (Å²) in [4.78, 5) is 39.6. The summed E-state index contributed by atoms with van der Waals surface area (Å²) in [7, 11) is 3.88. The van der Waals surface area contributed by atoms with Gasteiger partial charge in [-0.2, -0.15) is 0 Å². The highest BCUT2D eigenvalue weighted by Gasteiger charge is 2.28. The number of carbonyl (C=O) groups excluding carboxylic acids is 1. The molecule has 38 heavy (non-hydrogen) atoms. The van der Waals surface area contributed by atoms with Gasteiger partial charge >= 0.3 is 0 Å². The van der Waals surface area contributed by atoms with Gasteiger partial charge in [-0.1, -0.05) is 0 Å². The number of likely N-dealkylation sites (N-methyl/N-ethyl adjacent to an activating group) is 1. The fourth-order valence-electron chi connectivity index (χ4n) is 4.53. The maximum absolute atomic E-state index is 14.1. The van der Waals surface area contributed by atoms with Crippen molar-refractivity contribution in [3.8, 4) is 11.4 Å². The quantitative estimate of drug-likeness (QED) is 0.207. The monoisotopic (exact) mass is 526 g/mol. The van der Waals surface area contributed by atoms with Crippen molar-refractivity contribution in [2.24, 2.45) is 0 Å². The molecule has 0 spiro atoms. The van der Waals surface area contributed by atoms with E-state index in [0.29, 0.717) is 35.8 Å². The number of hydrogen-bond donors (Lipinski definition) is 4. The molecule has 0 bridgehead atoms. The van der Waals surface area contributed by atoms with Gasteiger partial charge in [0.05, 0.1) is 16.7 Å². The normalized spacial score (nSPS) is 14.0. The molecule has 1 aliphatic rings. The molecular weight excluding hydrogens is 501 g/mol. The molecule has 0 unspecified atom stereocenters. The maximum Gasteiger partial charge on any atom is 0.261 e. The predicted molar refractivity (Wildman–Crippen MR) is 135 cm³/mol. The van der Waals surface area contributed by atoms with E-state index in [1.807, 2.05) is 25.1 Å². The molecule has 0 radical (unpaired) electrons. The second-order valence-electron chi connectivity index (χ2n) is 9.46. The molecule has 9 nitrogen and oxygen atoms in total. The van der Waals surface area contributed by atoms with Gasteiger partial charge in [0.15, 0.2) is 11.6 Å². The van der Waals surface area contributed by atoms with Crippen LogP contribution in [-0.4, -0.2) is 69.2 Å². The van der Waals surface area contributed by atoms with Crippen molar-refractivity contribution < 1.29 is 23.1 Å². The molecular formula is C26H25F3N6O3. The van der Waals surface area contributed by atoms with E-state index in [2.05, 4.69) is 20.3 Å². The fraction of sp³-hybridized carbons (Fsp3) is 0.269. The van der Waals surface area contributed by atoms with Crippen LogP contribution >= 0.6 is 0 Å². The lowest BCUT2D eigenvalue weighted by Gasteiger charge is -2.18. The number of pyridine rings is 1. The van der Waals surface area contributed by atoms with Crippen LogP contribution in [0.1, 0.15) is 21.5 Å². The predicted octanol–water partition coefficient (Wildman–Crippen LogP) is 2.83. The molecule has 4 aromatic rings. The number of aromatic amines is 2. The summed E-state index contributed by atoms with van der Waals surface area (Å²) >= 11 is 0. The Bertz CT molecular complexity index is 1600. The number of benzene rings is 2. The van der Waals surface area contributed by atoms with E-state index in [4.69, 9.17) is 0 Å². The molecule has 1 atom stereocenters. The van der Waals surface area contributed by atoms with Gasteiger partial charge in [0.25, 0.3) is 11.5 Å². The van der Waals surface area contributed by atoms with Gasteiger partial charge in [-0.05, 0) is 49.5 Å². The summed E-state index contributed by atoms with van der Waals surface area (Å²) in [5, 5.41) is 13.2. The van der Waals surface area contributed by atoms with Crippen LogP contribution in [0.3, 0.4) is 0 Å². The number of anilines is 1. The zero-order chi connectivity index (χ0) is 27.1. The molecule has 0 aliphatic carbocycles. The number of aliphatic hydroxyl groups excluding tert-OH is 1. The first-order valence-electron chi connectivity index (χ1n) is 11.9. The Labute approximate surface area is 214 Å². The van der Waals surface area contributed by atoms with E-state index >= 15 is 0 Å². The van der Waals surface area contributed by atoms with Crippen molar-refractivity contribution in [1.29, 1.82) is 0 Å². The van der Waals surface area contributed by atoms with E-state index in [9.17, 15) is 27.9 Å². The number of amides is 1. The lowest BCUT2D eigenvalue weighted by molar-refractivity contribution is 0.0768. The number of hydrogen-bond acceptors (Lipinski definition) is 6. The van der Waals surface area contributed by atoms with Crippen LogP contribution < -0.4 is 10.9 Å². The van der Waals surface area contributed by atoms with Crippen LogP contribution in [0.4, 0.5) is 18.9 Å². The average Bonchev–Trinajstić information content (AvgIpc) is 3.39. The largest absolute Gasteiger partial charge is 0.373 e. The highest BCUT2D eigenvalue weighted by Crippen LogP contribution is 2.30. The van der Waals surface area contributed by atoms with Crippen molar-refractivity contribution in [3.05, 3.63) is 81.0 Å². The van der Waals surface area contributed by atoms with Crippen molar-refractivity contribution in [2.75, 3.05) is 32.5 Å². The second-order valence-corrected chi connectivity index (χ2v) is 9.46. The van der Waals surface area contributed by atoms with Crippen LogP contribution in [0, 0.1) is 17.5 Å². The number of aromatic nitrogens is 3. The van der Waals surface area contributed by atoms with Gasteiger partial charge in [0.2, 0.25) is 0 Å². The fourth-order valence-corrected chi connectivity index (χ4v) is 4.53. The van der Waals surface area contributed by atoms with Crippen molar-refractivity contribution in [2.45, 2.75) is 19.2 Å². The topological polar surface area (TPSA) is 117 Å². The number of carbonyl (C=O) groups is 1. The van der Waals surface area contributed by atoms with Gasteiger partial charge in [0.1, 0.15) is 23.4 Å². The summed E-state index contributed by atoms with van der Waals surface area (Å²) in [6, 6.07) is 6.20. The Morgan fingerprint density at radius 3 is 2.74 bits per heavy atom. The van der Waals surface area contributed by atoms with E-state index in [-0.39, 0.29) is 28.5 Å². The minimum atomic E-state index is -1.48. The Kier molecular flexibility index (Phi) is 6.67. The number of H-pyrrole nitrogens is 2. The van der Waals surface area contributed by atoms with E-state index < -0.39 is 35.7 Å². The molecule has 2 aromatic heterocycles. The Morgan fingerprint density at radius 2 is 1.97 bits per heavy atom. The van der Waals surface area contributed by atoms with E-state index in [1.165, 1.54) is 12.3 Å². The smallest absolute Gasteiger partial charge is 0.261 e. The summed E-state index contributed by atoms with van der Waals surface area (Å²) < 4.78 is 41.2. The zero-order valence-electron chi connectivity index (χ0n) is 20.6. The third kappa shape index (κ3) is 4.87. The lowest BCUT2D eigenvalue weighted by Crippen LogP contribution is -2.31. The minimum absolute atomic E-state index is 0.0627. The average molecular weight is 527 g/mol. The first-order chi connectivity index (χ1) is 18.1. The summed E-state index contributed by atoms with van der Waals surface area (Å²) in [6.07, 6.45) is -0.599. The zero-order valence-corrected chi connectivity index (χ0v) is 20.6. The number of rotatable bonds is 8. The second kappa shape index (κ2) is 9.95. The van der Waals surface area contributed by atoms with Gasteiger partial charge in [-0.15, -0.1) is 0 Å². The molecule has 1 aliphatic heterocycles. The molecule has 5 rings (SSSR count). The van der Waals surface area contributed by atoms with Crippen molar-refractivity contribution in [3.63, 3.8) is 0 Å². The molecule has 4 N–H and O–H groups in total. The standard InChI is InChI=1S/C26H25F3N6O3/c1-34(2)5-6-35-12-14-8-19-20(11-16(14)26(35)38)33-24(32-19)22-18(3-4-30-25(22)37)31-21(36)9-13-7-15(27)10-17(28)23(13)29/h3-4,7-8,10-11,21,36H,5-6,9,12H2,1-2H3,(H,32,33)(H2,30,31,37)/t21-/m0/s1. The first-order valence-corrected chi connectivity index (χ1v) is 11.9. The van der Waals surface area contributed by atoms with Gasteiger partial charge in [0, 0.05) is 43.9 Å². The Morgan fingerprint density at radius 1 is 1.18 bits per heavy atom. The van der Waals surface area contributed by atoms with Gasteiger partial charge < -0.3 is 30.2 Å². The number of nitrogens with one attached hydrogen (secondary N) is 3. The molecule has 0 fully saturated rings. The highest BCUT2D eigenvalue weighted by atomic mass is 19.2. The van der Waals surface area contributed by atoms with Crippen LogP contribution in [0.15, 0.2) is 41.3 Å². The molecule has 198 valence electrons. The third-order valence-corrected chi connectivity index (χ3v) is 6.40. The van der Waals surface area contributed by atoms with Crippen molar-refractivity contribution >= 4 is 22.6 Å². The third-order valence-electron chi connectivity index (χ3n) is 6.40. The lowest BCUT2D eigenvalue weighted by atomic mass is 10.1. The summed E-state index contributed by atoms with van der Waals surface area (Å²) in [5.41, 5.74) is 1.83. The van der Waals surface area contributed by atoms with Gasteiger partial charge in [-0.25, -0.2) is 18.2 Å². The molecule has 2 aromatic carbocycles. The molecule has 0 saturated carbocycles. The number of nitrogens with zero attached hydrogens (tertiary/aromatic N) is 3.